The number of rotatable bonds is 3. The molecule has 0 saturated carbocycles. The Morgan fingerprint density at radius 1 is 0.952 bits per heavy atom. The van der Waals surface area contributed by atoms with Gasteiger partial charge in [-0.2, -0.15) is 13.2 Å². The lowest BCUT2D eigenvalue weighted by Crippen LogP contribution is -2.06. The second kappa shape index (κ2) is 5.71. The monoisotopic (exact) mass is 301 g/mol. The molecule has 2 aromatic carbocycles. The molecular weight excluding hydrogens is 289 g/mol. The van der Waals surface area contributed by atoms with E-state index in [0.29, 0.717) is 5.56 Å². The number of alkyl halides is 3. The average Bonchev–Trinajstić information content (AvgIpc) is 2.41. The molecule has 0 amide bonds. The van der Waals surface area contributed by atoms with E-state index < -0.39 is 23.4 Å². The quantitative estimate of drug-likeness (QED) is 0.795. The summed E-state index contributed by atoms with van der Waals surface area (Å²) in [6, 6.07) is 6.56. The summed E-state index contributed by atoms with van der Waals surface area (Å²) < 4.78 is 64.1. The van der Waals surface area contributed by atoms with Crippen molar-refractivity contribution in [2.75, 3.05) is 5.32 Å². The molecule has 112 valence electrons. The number of hydrogen-bond donors (Lipinski definition) is 1. The van der Waals surface area contributed by atoms with Gasteiger partial charge >= 0.3 is 6.18 Å². The summed E-state index contributed by atoms with van der Waals surface area (Å²) in [7, 11) is 0. The summed E-state index contributed by atoms with van der Waals surface area (Å²) in [6.07, 6.45) is -4.39. The summed E-state index contributed by atoms with van der Waals surface area (Å²) in [4.78, 5) is 0. The molecule has 0 heterocycles. The molecule has 0 bridgehead atoms. The Morgan fingerprint density at radius 3 is 2.14 bits per heavy atom. The highest BCUT2D eigenvalue weighted by molar-refractivity contribution is 5.47. The van der Waals surface area contributed by atoms with Gasteiger partial charge in [-0.1, -0.05) is 12.1 Å². The molecule has 1 N–H and O–H groups in total. The van der Waals surface area contributed by atoms with Crippen molar-refractivity contribution in [3.05, 3.63) is 64.7 Å². The van der Waals surface area contributed by atoms with E-state index in [4.69, 9.17) is 0 Å². The van der Waals surface area contributed by atoms with E-state index >= 15 is 0 Å². The highest BCUT2D eigenvalue weighted by Gasteiger charge is 2.29. The van der Waals surface area contributed by atoms with Crippen LogP contribution in [0.2, 0.25) is 0 Å². The third-order valence-corrected chi connectivity index (χ3v) is 3.01. The van der Waals surface area contributed by atoms with Gasteiger partial charge in [-0.3, -0.25) is 0 Å². The van der Waals surface area contributed by atoms with Crippen LogP contribution in [0.5, 0.6) is 0 Å². The minimum Gasteiger partial charge on any atom is -0.379 e. The number of hydrogen-bond acceptors (Lipinski definition) is 1. The van der Waals surface area contributed by atoms with Crippen LogP contribution in [0.3, 0.4) is 0 Å². The van der Waals surface area contributed by atoms with E-state index in [1.165, 1.54) is 19.1 Å². The summed E-state index contributed by atoms with van der Waals surface area (Å²) in [5.74, 6) is -1.16. The zero-order chi connectivity index (χ0) is 15.6. The van der Waals surface area contributed by atoms with Gasteiger partial charge in [-0.15, -0.1) is 0 Å². The summed E-state index contributed by atoms with van der Waals surface area (Å²) in [6.45, 7) is 1.54. The predicted molar refractivity (Wildman–Crippen MR) is 69.9 cm³/mol. The van der Waals surface area contributed by atoms with Gasteiger partial charge in [0.25, 0.3) is 0 Å². The molecule has 0 aromatic heterocycles. The van der Waals surface area contributed by atoms with Crippen molar-refractivity contribution in [1.82, 2.24) is 0 Å². The van der Waals surface area contributed by atoms with Gasteiger partial charge in [0.2, 0.25) is 0 Å². The van der Waals surface area contributed by atoms with Crippen LogP contribution < -0.4 is 5.32 Å². The maximum Gasteiger partial charge on any atom is 0.416 e. The van der Waals surface area contributed by atoms with Crippen LogP contribution in [-0.4, -0.2) is 0 Å². The lowest BCUT2D eigenvalue weighted by molar-refractivity contribution is -0.137. The molecule has 6 heteroatoms. The summed E-state index contributed by atoms with van der Waals surface area (Å²) in [5.41, 5.74) is -0.0622. The molecule has 1 nitrogen and oxygen atoms in total. The Kier molecular flexibility index (Phi) is 4.16. The maximum atomic E-state index is 13.6. The second-order valence-corrected chi connectivity index (χ2v) is 4.63. The van der Waals surface area contributed by atoms with Crippen molar-refractivity contribution in [2.45, 2.75) is 19.6 Å². The molecule has 0 aliphatic rings. The van der Waals surface area contributed by atoms with Gasteiger partial charge in [0.05, 0.1) is 11.3 Å². The summed E-state index contributed by atoms with van der Waals surface area (Å²) >= 11 is 0. The molecule has 0 spiro atoms. The smallest absolute Gasteiger partial charge is 0.379 e. The Morgan fingerprint density at radius 2 is 1.57 bits per heavy atom. The molecule has 0 aliphatic carbocycles. The fraction of sp³-hybridized carbons (Fsp3) is 0.200. The van der Waals surface area contributed by atoms with E-state index in [9.17, 15) is 22.0 Å². The van der Waals surface area contributed by atoms with Crippen LogP contribution in [0.25, 0.3) is 0 Å². The van der Waals surface area contributed by atoms with Crippen LogP contribution in [0.4, 0.5) is 27.6 Å². The first kappa shape index (κ1) is 15.3. The SMILES string of the molecule is Cc1cc(F)c(NCc2ccc(C(F)(F)F)cc2)cc1F. The third-order valence-electron chi connectivity index (χ3n) is 3.01. The van der Waals surface area contributed by atoms with Crippen molar-refractivity contribution in [3.8, 4) is 0 Å². The minimum absolute atomic E-state index is 0.0296. The number of aryl methyl sites for hydroxylation is 1. The Hall–Kier alpha value is -2.11. The van der Waals surface area contributed by atoms with E-state index in [0.717, 1.165) is 24.3 Å². The van der Waals surface area contributed by atoms with Crippen molar-refractivity contribution in [3.63, 3.8) is 0 Å². The zero-order valence-corrected chi connectivity index (χ0v) is 11.1. The molecule has 0 radical (unpaired) electrons. The predicted octanol–water partition coefficient (Wildman–Crippen LogP) is 4.90. The first-order valence-electron chi connectivity index (χ1n) is 6.13. The average molecular weight is 301 g/mol. The number of halogens is 5. The highest BCUT2D eigenvalue weighted by atomic mass is 19.4. The number of nitrogens with one attached hydrogen (secondary N) is 1. The zero-order valence-electron chi connectivity index (χ0n) is 11.1. The largest absolute Gasteiger partial charge is 0.416 e. The number of benzene rings is 2. The molecule has 21 heavy (non-hydrogen) atoms. The van der Waals surface area contributed by atoms with Crippen LogP contribution >= 0.6 is 0 Å². The van der Waals surface area contributed by atoms with Crippen molar-refractivity contribution in [2.24, 2.45) is 0 Å². The van der Waals surface area contributed by atoms with Gasteiger partial charge in [-0.25, -0.2) is 8.78 Å². The van der Waals surface area contributed by atoms with Gasteiger partial charge in [0.1, 0.15) is 11.6 Å². The van der Waals surface area contributed by atoms with Crippen LogP contribution in [0.15, 0.2) is 36.4 Å². The molecule has 0 atom stereocenters. The topological polar surface area (TPSA) is 12.0 Å². The molecule has 2 aromatic rings. The Labute approximate surface area is 118 Å². The maximum absolute atomic E-state index is 13.6. The first-order valence-corrected chi connectivity index (χ1v) is 6.13. The van der Waals surface area contributed by atoms with Crippen LogP contribution in [0, 0.1) is 18.6 Å². The molecule has 0 aliphatic heterocycles. The fourth-order valence-electron chi connectivity index (χ4n) is 1.79. The second-order valence-electron chi connectivity index (χ2n) is 4.63. The lowest BCUT2D eigenvalue weighted by Gasteiger charge is -2.10. The molecular formula is C15H12F5N. The van der Waals surface area contributed by atoms with Crippen LogP contribution in [-0.2, 0) is 12.7 Å². The van der Waals surface area contributed by atoms with E-state index in [1.54, 1.807) is 0 Å². The van der Waals surface area contributed by atoms with Crippen molar-refractivity contribution >= 4 is 5.69 Å². The van der Waals surface area contributed by atoms with Gasteiger partial charge < -0.3 is 5.32 Å². The van der Waals surface area contributed by atoms with Gasteiger partial charge in [0, 0.05) is 12.6 Å². The van der Waals surface area contributed by atoms with Crippen molar-refractivity contribution in [1.29, 1.82) is 0 Å². The molecule has 0 unspecified atom stereocenters. The van der Waals surface area contributed by atoms with Crippen LogP contribution in [0.1, 0.15) is 16.7 Å². The molecule has 2 rings (SSSR count). The standard InChI is InChI=1S/C15H12F5N/c1-9-6-13(17)14(7-12(9)16)21-8-10-2-4-11(5-3-10)15(18,19)20/h2-7,21H,8H2,1H3. The highest BCUT2D eigenvalue weighted by Crippen LogP contribution is 2.29. The third kappa shape index (κ3) is 3.71. The Balaban J connectivity index is 2.08. The molecule has 0 saturated heterocycles. The molecule has 0 fully saturated rings. The van der Waals surface area contributed by atoms with E-state index in [1.807, 2.05) is 0 Å². The van der Waals surface area contributed by atoms with Gasteiger partial charge in [-0.05, 0) is 36.2 Å². The van der Waals surface area contributed by atoms with Gasteiger partial charge in [0.15, 0.2) is 0 Å². The number of anilines is 1. The van der Waals surface area contributed by atoms with Crippen molar-refractivity contribution < 1.29 is 22.0 Å². The fourth-order valence-corrected chi connectivity index (χ4v) is 1.79. The minimum atomic E-state index is -4.39. The normalized spacial score (nSPS) is 11.5. The van der Waals surface area contributed by atoms with E-state index in [-0.39, 0.29) is 17.8 Å². The van der Waals surface area contributed by atoms with E-state index in [2.05, 4.69) is 5.32 Å². The first-order chi connectivity index (χ1) is 9.77. The summed E-state index contributed by atoms with van der Waals surface area (Å²) in [5, 5.41) is 2.66. The lowest BCUT2D eigenvalue weighted by atomic mass is 10.1. The Bertz CT molecular complexity index is 632.